The average Bonchev–Trinajstić information content (AvgIpc) is 2.51. The van der Waals surface area contributed by atoms with Crippen molar-refractivity contribution in [3.05, 3.63) is 34.9 Å². The molecule has 5 heteroatoms. The number of carbonyl (C=O) groups is 1. The highest BCUT2D eigenvalue weighted by Crippen LogP contribution is 2.23. The average molecular weight is 333 g/mol. The van der Waals surface area contributed by atoms with E-state index in [1.54, 1.807) is 5.56 Å². The van der Waals surface area contributed by atoms with Gasteiger partial charge in [0, 0.05) is 19.1 Å². The summed E-state index contributed by atoms with van der Waals surface area (Å²) in [6, 6.07) is 6.78. The molecule has 0 saturated heterocycles. The van der Waals surface area contributed by atoms with Crippen LogP contribution < -0.4 is 10.8 Å². The number of nitrogens with zero attached hydrogens (tertiary/aromatic N) is 1. The highest BCUT2D eigenvalue weighted by Gasteiger charge is 2.17. The van der Waals surface area contributed by atoms with Gasteiger partial charge in [-0.05, 0) is 55.8 Å². The predicted molar refractivity (Wildman–Crippen MR) is 96.0 cm³/mol. The van der Waals surface area contributed by atoms with Gasteiger partial charge in [0.1, 0.15) is 0 Å². The largest absolute Gasteiger partial charge is 0.351 e. The number of hydrogen-bond donors (Lipinski definition) is 3. The van der Waals surface area contributed by atoms with E-state index in [9.17, 15) is 4.79 Å². The molecule has 1 atom stereocenters. The first kappa shape index (κ1) is 18.9. The number of nitrogens with one attached hydrogen (secondary N) is 2. The Morgan fingerprint density at radius 2 is 2.21 bits per heavy atom. The second-order valence-electron chi connectivity index (χ2n) is 6.80. The smallest absolute Gasteiger partial charge is 0.236 e. The number of fused-ring (bicyclic) bond motifs is 1. The third-order valence-corrected chi connectivity index (χ3v) is 4.61. The van der Waals surface area contributed by atoms with E-state index in [1.807, 2.05) is 12.4 Å². The van der Waals surface area contributed by atoms with Crippen LogP contribution in [0.15, 0.2) is 18.2 Å². The van der Waals surface area contributed by atoms with Crippen molar-refractivity contribution in [2.24, 2.45) is 0 Å². The van der Waals surface area contributed by atoms with Gasteiger partial charge in [-0.1, -0.05) is 31.5 Å². The quantitative estimate of drug-likeness (QED) is 0.670. The van der Waals surface area contributed by atoms with Crippen LogP contribution in [0.4, 0.5) is 0 Å². The van der Waals surface area contributed by atoms with Crippen molar-refractivity contribution < 1.29 is 10.0 Å². The summed E-state index contributed by atoms with van der Waals surface area (Å²) in [4.78, 5) is 14.0. The first-order valence-corrected chi connectivity index (χ1v) is 9.12. The molecule has 1 amide bonds. The summed E-state index contributed by atoms with van der Waals surface area (Å²) in [6.07, 6.45) is 5.94. The third-order valence-electron chi connectivity index (χ3n) is 4.61. The Hall–Kier alpha value is -1.43. The van der Waals surface area contributed by atoms with Crippen LogP contribution in [0.5, 0.6) is 0 Å². The monoisotopic (exact) mass is 333 g/mol. The molecule has 0 radical (unpaired) electrons. The Kier molecular flexibility index (Phi) is 7.69. The molecule has 2 rings (SSSR count). The van der Waals surface area contributed by atoms with Crippen LogP contribution in [-0.4, -0.2) is 41.7 Å². The summed E-state index contributed by atoms with van der Waals surface area (Å²) in [5, 5.41) is 11.5. The molecular weight excluding hydrogens is 302 g/mol. The van der Waals surface area contributed by atoms with Crippen LogP contribution >= 0.6 is 0 Å². The van der Waals surface area contributed by atoms with Crippen molar-refractivity contribution in [3.63, 3.8) is 0 Å². The van der Waals surface area contributed by atoms with Crippen LogP contribution in [0, 0.1) is 0 Å². The van der Waals surface area contributed by atoms with Gasteiger partial charge in [0.25, 0.3) is 0 Å². The molecule has 0 aromatic heterocycles. The zero-order chi connectivity index (χ0) is 17.4. The van der Waals surface area contributed by atoms with Crippen molar-refractivity contribution in [2.75, 3.05) is 19.6 Å². The normalized spacial score (nSPS) is 16.8. The number of hydroxylamine groups is 1. The van der Waals surface area contributed by atoms with E-state index in [0.717, 1.165) is 26.1 Å². The van der Waals surface area contributed by atoms with E-state index >= 15 is 0 Å². The SMILES string of the molecule is CCCc1cccc2c1CCCCN(C[C@H](C)NC(=O)CNO)C2. The first-order chi connectivity index (χ1) is 11.6. The van der Waals surface area contributed by atoms with E-state index in [2.05, 4.69) is 35.3 Å². The molecule has 1 aliphatic rings. The van der Waals surface area contributed by atoms with E-state index in [0.29, 0.717) is 0 Å². The molecule has 5 nitrogen and oxygen atoms in total. The molecule has 1 heterocycles. The van der Waals surface area contributed by atoms with Crippen molar-refractivity contribution >= 4 is 5.91 Å². The zero-order valence-electron chi connectivity index (χ0n) is 15.0. The molecule has 1 aromatic rings. The van der Waals surface area contributed by atoms with Gasteiger partial charge in [-0.15, -0.1) is 0 Å². The maximum Gasteiger partial charge on any atom is 0.236 e. The fourth-order valence-electron chi connectivity index (χ4n) is 3.60. The summed E-state index contributed by atoms with van der Waals surface area (Å²) < 4.78 is 0. The van der Waals surface area contributed by atoms with Crippen LogP contribution in [0.1, 0.15) is 49.8 Å². The molecule has 0 unspecified atom stereocenters. The molecule has 0 fully saturated rings. The second-order valence-corrected chi connectivity index (χ2v) is 6.80. The molecular formula is C19H31N3O2. The lowest BCUT2D eigenvalue weighted by molar-refractivity contribution is -0.122. The minimum Gasteiger partial charge on any atom is -0.351 e. The minimum absolute atomic E-state index is 0.0620. The molecule has 0 saturated carbocycles. The Morgan fingerprint density at radius 3 is 2.96 bits per heavy atom. The van der Waals surface area contributed by atoms with Gasteiger partial charge in [-0.3, -0.25) is 9.69 Å². The van der Waals surface area contributed by atoms with E-state index in [4.69, 9.17) is 5.21 Å². The molecule has 0 spiro atoms. The van der Waals surface area contributed by atoms with Crippen molar-refractivity contribution in [3.8, 4) is 0 Å². The van der Waals surface area contributed by atoms with Crippen LogP contribution in [0.2, 0.25) is 0 Å². The highest BCUT2D eigenvalue weighted by molar-refractivity contribution is 5.78. The lowest BCUT2D eigenvalue weighted by atomic mass is 9.92. The molecule has 134 valence electrons. The molecule has 1 aromatic carbocycles. The summed E-state index contributed by atoms with van der Waals surface area (Å²) in [6.45, 7) is 7.03. The van der Waals surface area contributed by atoms with Crippen LogP contribution in [-0.2, 0) is 24.2 Å². The Morgan fingerprint density at radius 1 is 1.38 bits per heavy atom. The number of rotatable bonds is 7. The second kappa shape index (κ2) is 9.77. The maximum atomic E-state index is 11.6. The summed E-state index contributed by atoms with van der Waals surface area (Å²) in [7, 11) is 0. The van der Waals surface area contributed by atoms with E-state index in [1.165, 1.54) is 36.8 Å². The summed E-state index contributed by atoms with van der Waals surface area (Å²) in [5.41, 5.74) is 6.39. The van der Waals surface area contributed by atoms with Gasteiger partial charge in [0.05, 0.1) is 6.54 Å². The number of aryl methyl sites for hydroxylation is 1. The van der Waals surface area contributed by atoms with Gasteiger partial charge in [0.2, 0.25) is 5.91 Å². The Balaban J connectivity index is 2.03. The van der Waals surface area contributed by atoms with Crippen LogP contribution in [0.3, 0.4) is 0 Å². The molecule has 24 heavy (non-hydrogen) atoms. The zero-order valence-corrected chi connectivity index (χ0v) is 15.0. The van der Waals surface area contributed by atoms with Crippen LogP contribution in [0.25, 0.3) is 0 Å². The molecule has 0 bridgehead atoms. The standard InChI is InChI=1S/C19H31N3O2/c1-3-7-16-8-6-9-17-14-22(11-5-4-10-18(16)17)13-15(2)21-19(23)12-20-24/h6,8-9,15,20,24H,3-5,7,10-14H2,1-2H3,(H,21,23)/t15-/m0/s1. The number of hydrogen-bond acceptors (Lipinski definition) is 4. The summed E-state index contributed by atoms with van der Waals surface area (Å²) >= 11 is 0. The number of amides is 1. The topological polar surface area (TPSA) is 64.6 Å². The highest BCUT2D eigenvalue weighted by atomic mass is 16.5. The lowest BCUT2D eigenvalue weighted by Crippen LogP contribution is -2.45. The van der Waals surface area contributed by atoms with E-state index < -0.39 is 0 Å². The summed E-state index contributed by atoms with van der Waals surface area (Å²) in [5.74, 6) is -0.178. The van der Waals surface area contributed by atoms with Gasteiger partial charge in [0.15, 0.2) is 0 Å². The van der Waals surface area contributed by atoms with Crippen molar-refractivity contribution in [1.82, 2.24) is 15.7 Å². The minimum atomic E-state index is -0.178. The Labute approximate surface area is 145 Å². The van der Waals surface area contributed by atoms with Crippen molar-refractivity contribution in [1.29, 1.82) is 0 Å². The molecule has 1 aliphatic heterocycles. The van der Waals surface area contributed by atoms with Crippen molar-refractivity contribution in [2.45, 2.75) is 58.5 Å². The van der Waals surface area contributed by atoms with Gasteiger partial charge in [-0.2, -0.15) is 5.48 Å². The van der Waals surface area contributed by atoms with E-state index in [-0.39, 0.29) is 18.5 Å². The fraction of sp³-hybridized carbons (Fsp3) is 0.632. The molecule has 0 aliphatic carbocycles. The maximum absolute atomic E-state index is 11.6. The molecule has 3 N–H and O–H groups in total. The number of carbonyl (C=O) groups excluding carboxylic acids is 1. The van der Waals surface area contributed by atoms with Gasteiger partial charge < -0.3 is 10.5 Å². The fourth-order valence-corrected chi connectivity index (χ4v) is 3.60. The Bertz CT molecular complexity index is 533. The number of benzene rings is 1. The third kappa shape index (κ3) is 5.58. The first-order valence-electron chi connectivity index (χ1n) is 9.12. The lowest BCUT2D eigenvalue weighted by Gasteiger charge is -2.29. The van der Waals surface area contributed by atoms with Gasteiger partial charge in [-0.25, -0.2) is 0 Å². The predicted octanol–water partition coefficient (Wildman–Crippen LogP) is 2.26. The van der Waals surface area contributed by atoms with Gasteiger partial charge >= 0.3 is 0 Å².